The molecule has 25 heavy (non-hydrogen) atoms. The summed E-state index contributed by atoms with van der Waals surface area (Å²) in [7, 11) is 0. The summed E-state index contributed by atoms with van der Waals surface area (Å²) in [5.74, 6) is -1.38. The lowest BCUT2D eigenvalue weighted by atomic mass is 9.97. The molecule has 0 spiro atoms. The van der Waals surface area contributed by atoms with Crippen LogP contribution in [-0.2, 0) is 9.59 Å². The van der Waals surface area contributed by atoms with E-state index in [1.165, 1.54) is 11.8 Å². The monoisotopic (exact) mass is 362 g/mol. The van der Waals surface area contributed by atoms with E-state index in [1.54, 1.807) is 18.5 Å². The van der Waals surface area contributed by atoms with E-state index in [2.05, 4.69) is 15.5 Å². The maximum Gasteiger partial charge on any atom is 0.330 e. The summed E-state index contributed by atoms with van der Waals surface area (Å²) in [6.45, 7) is 7.75. The minimum Gasteiger partial charge on any atom is -0.479 e. The average Bonchev–Trinajstić information content (AvgIpc) is 3.02. The van der Waals surface area contributed by atoms with Crippen LogP contribution in [0.25, 0.3) is 0 Å². The summed E-state index contributed by atoms with van der Waals surface area (Å²) in [5, 5.41) is 20.6. The molecule has 0 aliphatic rings. The van der Waals surface area contributed by atoms with Crippen molar-refractivity contribution in [2.75, 3.05) is 5.75 Å². The second-order valence-electron chi connectivity index (χ2n) is 6.03. The Labute approximate surface area is 150 Å². The molecule has 0 saturated heterocycles. The molecular formula is C17H22N4O3S. The Balaban J connectivity index is 2.07. The molecule has 1 aromatic heterocycles. The normalized spacial score (nSPS) is 12.2. The highest BCUT2D eigenvalue weighted by Gasteiger charge is 2.24. The molecule has 2 N–H and O–H groups in total. The molecule has 0 aliphatic heterocycles. The van der Waals surface area contributed by atoms with Crippen molar-refractivity contribution in [2.24, 2.45) is 0 Å². The highest BCUT2D eigenvalue weighted by molar-refractivity contribution is 7.99. The van der Waals surface area contributed by atoms with E-state index in [0.29, 0.717) is 10.7 Å². The van der Waals surface area contributed by atoms with Gasteiger partial charge < -0.3 is 15.0 Å². The van der Waals surface area contributed by atoms with Gasteiger partial charge in [-0.15, -0.1) is 10.2 Å². The number of hydrogen-bond acceptors (Lipinski definition) is 5. The lowest BCUT2D eigenvalue weighted by molar-refractivity contribution is -0.141. The predicted octanol–water partition coefficient (Wildman–Crippen LogP) is 2.51. The third kappa shape index (κ3) is 4.60. The minimum absolute atomic E-state index is 0.0695. The van der Waals surface area contributed by atoms with E-state index in [4.69, 9.17) is 0 Å². The number of carboxylic acids is 1. The molecule has 2 rings (SSSR count). The lowest BCUT2D eigenvalue weighted by Gasteiger charge is -2.18. The highest BCUT2D eigenvalue weighted by Crippen LogP contribution is 2.22. The number of thioether (sulfide) groups is 1. The molecule has 1 atom stereocenters. The van der Waals surface area contributed by atoms with Crippen molar-refractivity contribution in [3.8, 4) is 0 Å². The van der Waals surface area contributed by atoms with Crippen molar-refractivity contribution in [2.45, 2.75) is 44.9 Å². The number of nitrogens with zero attached hydrogens (tertiary/aromatic N) is 3. The van der Waals surface area contributed by atoms with E-state index >= 15 is 0 Å². The smallest absolute Gasteiger partial charge is 0.330 e. The summed E-state index contributed by atoms with van der Waals surface area (Å²) >= 11 is 1.23. The van der Waals surface area contributed by atoms with Crippen LogP contribution in [-0.4, -0.2) is 37.5 Å². The van der Waals surface area contributed by atoms with E-state index in [-0.39, 0.29) is 17.7 Å². The van der Waals surface area contributed by atoms with Crippen LogP contribution in [0.15, 0.2) is 29.7 Å². The van der Waals surface area contributed by atoms with Crippen LogP contribution >= 0.6 is 11.8 Å². The third-order valence-electron chi connectivity index (χ3n) is 3.94. The molecule has 1 aromatic carbocycles. The van der Waals surface area contributed by atoms with Gasteiger partial charge in [0, 0.05) is 6.04 Å². The van der Waals surface area contributed by atoms with Gasteiger partial charge in [0.05, 0.1) is 5.75 Å². The van der Waals surface area contributed by atoms with Gasteiger partial charge >= 0.3 is 5.97 Å². The van der Waals surface area contributed by atoms with Crippen molar-refractivity contribution in [3.05, 3.63) is 41.2 Å². The van der Waals surface area contributed by atoms with Gasteiger partial charge in [0.1, 0.15) is 6.33 Å². The predicted molar refractivity (Wildman–Crippen MR) is 95.6 cm³/mol. The summed E-state index contributed by atoms with van der Waals surface area (Å²) < 4.78 is 1.86. The maximum atomic E-state index is 12.3. The van der Waals surface area contributed by atoms with Crippen LogP contribution < -0.4 is 5.32 Å². The van der Waals surface area contributed by atoms with Gasteiger partial charge in [0.2, 0.25) is 5.91 Å². The van der Waals surface area contributed by atoms with Gasteiger partial charge in [-0.05, 0) is 44.4 Å². The standard InChI is InChI=1S/C17H22N4O3S/c1-10(2)21-9-18-20-17(21)25-8-14(22)19-15(16(23)24)13-7-5-6-11(3)12(13)4/h5-7,9-10,15H,8H2,1-4H3,(H,19,22)(H,23,24). The van der Waals surface area contributed by atoms with Crippen molar-refractivity contribution in [3.63, 3.8) is 0 Å². The fourth-order valence-electron chi connectivity index (χ4n) is 2.38. The summed E-state index contributed by atoms with van der Waals surface area (Å²) in [6.07, 6.45) is 1.61. The molecule has 2 aromatic rings. The Kier molecular flexibility index (Phi) is 6.19. The fraction of sp³-hybridized carbons (Fsp3) is 0.412. The number of nitrogens with one attached hydrogen (secondary N) is 1. The first-order valence-corrected chi connectivity index (χ1v) is 8.90. The van der Waals surface area contributed by atoms with Crippen LogP contribution in [0.5, 0.6) is 0 Å². The van der Waals surface area contributed by atoms with Crippen molar-refractivity contribution in [1.82, 2.24) is 20.1 Å². The summed E-state index contributed by atoms with van der Waals surface area (Å²) in [4.78, 5) is 23.9. The molecule has 1 unspecified atom stereocenters. The third-order valence-corrected chi connectivity index (χ3v) is 4.90. The minimum atomic E-state index is -1.09. The van der Waals surface area contributed by atoms with Gasteiger partial charge in [0.25, 0.3) is 0 Å². The first-order chi connectivity index (χ1) is 11.8. The van der Waals surface area contributed by atoms with Crippen LogP contribution in [0.1, 0.15) is 42.6 Å². The molecule has 7 nitrogen and oxygen atoms in total. The van der Waals surface area contributed by atoms with Crippen LogP contribution in [0.4, 0.5) is 0 Å². The first kappa shape index (κ1) is 19.0. The molecule has 0 fully saturated rings. The Morgan fingerprint density at radius 1 is 1.32 bits per heavy atom. The number of hydrogen-bond donors (Lipinski definition) is 2. The summed E-state index contributed by atoms with van der Waals surface area (Å²) in [6, 6.07) is 4.54. The van der Waals surface area contributed by atoms with Crippen LogP contribution in [0.2, 0.25) is 0 Å². The fourth-order valence-corrected chi connectivity index (χ4v) is 3.24. The maximum absolute atomic E-state index is 12.3. The largest absolute Gasteiger partial charge is 0.479 e. The Morgan fingerprint density at radius 3 is 2.68 bits per heavy atom. The molecule has 134 valence electrons. The second kappa shape index (κ2) is 8.15. The number of amides is 1. The van der Waals surface area contributed by atoms with Gasteiger partial charge in [-0.3, -0.25) is 4.79 Å². The topological polar surface area (TPSA) is 97.1 Å². The molecule has 0 saturated carbocycles. The zero-order valence-corrected chi connectivity index (χ0v) is 15.5. The summed E-state index contributed by atoms with van der Waals surface area (Å²) in [5.41, 5.74) is 2.44. The Hall–Kier alpha value is -2.35. The number of carboxylic acid groups (broad SMARTS) is 1. The zero-order valence-electron chi connectivity index (χ0n) is 14.7. The Bertz CT molecular complexity index is 773. The Morgan fingerprint density at radius 2 is 2.04 bits per heavy atom. The first-order valence-electron chi connectivity index (χ1n) is 7.91. The van der Waals surface area contributed by atoms with E-state index < -0.39 is 12.0 Å². The number of rotatable bonds is 7. The lowest BCUT2D eigenvalue weighted by Crippen LogP contribution is -2.35. The zero-order chi connectivity index (χ0) is 18.6. The van der Waals surface area contributed by atoms with E-state index in [0.717, 1.165) is 11.1 Å². The quantitative estimate of drug-likeness (QED) is 0.735. The van der Waals surface area contributed by atoms with Gasteiger partial charge in [0.15, 0.2) is 11.2 Å². The molecule has 0 aliphatic carbocycles. The SMILES string of the molecule is Cc1cccc(C(NC(=O)CSc2nncn2C(C)C)C(=O)O)c1C. The van der Waals surface area contributed by atoms with E-state index in [1.807, 2.05) is 38.3 Å². The van der Waals surface area contributed by atoms with Crippen LogP contribution in [0, 0.1) is 13.8 Å². The van der Waals surface area contributed by atoms with Crippen molar-refractivity contribution < 1.29 is 14.7 Å². The van der Waals surface area contributed by atoms with Gasteiger partial charge in [-0.25, -0.2) is 4.79 Å². The highest BCUT2D eigenvalue weighted by atomic mass is 32.2. The molecule has 0 bridgehead atoms. The van der Waals surface area contributed by atoms with Crippen LogP contribution in [0.3, 0.4) is 0 Å². The molecule has 1 heterocycles. The number of benzene rings is 1. The van der Waals surface area contributed by atoms with E-state index in [9.17, 15) is 14.7 Å². The molecule has 1 amide bonds. The number of aromatic nitrogens is 3. The average molecular weight is 362 g/mol. The molecule has 0 radical (unpaired) electrons. The second-order valence-corrected chi connectivity index (χ2v) is 6.97. The number of carbonyl (C=O) groups excluding carboxylic acids is 1. The number of carbonyl (C=O) groups is 2. The van der Waals surface area contributed by atoms with Crippen molar-refractivity contribution >= 4 is 23.6 Å². The van der Waals surface area contributed by atoms with Gasteiger partial charge in [-0.2, -0.15) is 0 Å². The number of aliphatic carboxylic acids is 1. The molecule has 8 heteroatoms. The van der Waals surface area contributed by atoms with Crippen molar-refractivity contribution in [1.29, 1.82) is 0 Å². The number of aryl methyl sites for hydroxylation is 1. The molecular weight excluding hydrogens is 340 g/mol. The van der Waals surface area contributed by atoms with Gasteiger partial charge in [-0.1, -0.05) is 30.0 Å².